The van der Waals surface area contributed by atoms with Crippen molar-refractivity contribution in [3.63, 3.8) is 0 Å². The second-order valence-electron chi connectivity index (χ2n) is 10.1. The molecule has 0 amide bonds. The molecule has 2 aliphatic rings. The van der Waals surface area contributed by atoms with Crippen LogP contribution in [0.2, 0.25) is 0 Å². The van der Waals surface area contributed by atoms with Crippen LogP contribution in [0, 0.1) is 29.6 Å². The minimum atomic E-state index is 0.699. The van der Waals surface area contributed by atoms with Crippen LogP contribution in [0.3, 0.4) is 0 Å². The van der Waals surface area contributed by atoms with Crippen LogP contribution in [0.1, 0.15) is 86.5 Å². The van der Waals surface area contributed by atoms with E-state index in [-0.39, 0.29) is 0 Å². The third-order valence-electron chi connectivity index (χ3n) is 8.01. The van der Waals surface area contributed by atoms with E-state index >= 15 is 0 Å². The first kappa shape index (κ1) is 23.8. The van der Waals surface area contributed by atoms with E-state index in [0.29, 0.717) is 6.61 Å². The third-order valence-corrected chi connectivity index (χ3v) is 8.01. The summed E-state index contributed by atoms with van der Waals surface area (Å²) in [5.41, 5.74) is 5.07. The molecule has 2 aliphatic carbocycles. The Kier molecular flexibility index (Phi) is 8.85. The van der Waals surface area contributed by atoms with Gasteiger partial charge in [-0.25, -0.2) is 0 Å². The molecule has 0 atom stereocenters. The molecule has 0 unspecified atom stereocenters. The van der Waals surface area contributed by atoms with Gasteiger partial charge in [0.05, 0.1) is 6.61 Å². The fourth-order valence-corrected chi connectivity index (χ4v) is 5.88. The van der Waals surface area contributed by atoms with Gasteiger partial charge >= 0.3 is 0 Å². The van der Waals surface area contributed by atoms with E-state index < -0.39 is 0 Å². The van der Waals surface area contributed by atoms with Gasteiger partial charge in [0.2, 0.25) is 0 Å². The van der Waals surface area contributed by atoms with Crippen molar-refractivity contribution in [3.8, 4) is 11.8 Å². The predicted molar refractivity (Wildman–Crippen MR) is 139 cm³/mol. The fourth-order valence-electron chi connectivity index (χ4n) is 5.88. The number of hydrogen-bond donors (Lipinski definition) is 0. The maximum atomic E-state index is 5.69. The molecular weight excluding hydrogens is 400 g/mol. The number of ether oxygens (including phenoxy) is 1. The Morgan fingerprint density at radius 1 is 0.788 bits per heavy atom. The average Bonchev–Trinajstić information content (AvgIpc) is 2.89. The molecule has 4 rings (SSSR count). The van der Waals surface area contributed by atoms with Crippen LogP contribution in [0.4, 0.5) is 0 Å². The molecular formula is C32H40O. The zero-order chi connectivity index (χ0) is 22.9. The third kappa shape index (κ3) is 6.84. The van der Waals surface area contributed by atoms with Crippen molar-refractivity contribution in [2.24, 2.45) is 17.8 Å². The van der Waals surface area contributed by atoms with Gasteiger partial charge in [-0.1, -0.05) is 49.1 Å². The Morgan fingerprint density at radius 2 is 1.33 bits per heavy atom. The molecule has 33 heavy (non-hydrogen) atoms. The molecule has 1 nitrogen and oxygen atoms in total. The molecule has 0 aliphatic heterocycles. The van der Waals surface area contributed by atoms with Gasteiger partial charge in [0.15, 0.2) is 0 Å². The van der Waals surface area contributed by atoms with E-state index in [9.17, 15) is 0 Å². The first-order valence-electron chi connectivity index (χ1n) is 13.1. The van der Waals surface area contributed by atoms with Crippen molar-refractivity contribution in [1.29, 1.82) is 0 Å². The molecule has 0 bridgehead atoms. The van der Waals surface area contributed by atoms with E-state index in [4.69, 9.17) is 4.74 Å². The summed E-state index contributed by atoms with van der Waals surface area (Å²) in [5.74, 6) is 10.0. The largest absolute Gasteiger partial charge is 0.377 e. The summed E-state index contributed by atoms with van der Waals surface area (Å²) in [6, 6.07) is 17.7. The molecule has 0 spiro atoms. The highest BCUT2D eigenvalue weighted by molar-refractivity contribution is 5.44. The van der Waals surface area contributed by atoms with E-state index in [2.05, 4.69) is 73.9 Å². The number of rotatable bonds is 7. The quantitative estimate of drug-likeness (QED) is 0.241. The predicted octanol–water partition coefficient (Wildman–Crippen LogP) is 7.93. The van der Waals surface area contributed by atoms with Crippen LogP contribution in [0.5, 0.6) is 0 Å². The van der Waals surface area contributed by atoms with Crippen LogP contribution < -0.4 is 0 Å². The van der Waals surface area contributed by atoms with Gasteiger partial charge in [0.1, 0.15) is 0 Å². The lowest BCUT2D eigenvalue weighted by molar-refractivity contribution is 0.0808. The summed E-state index contributed by atoms with van der Waals surface area (Å²) in [4.78, 5) is 0. The highest BCUT2D eigenvalue weighted by Gasteiger charge is 2.31. The maximum absolute atomic E-state index is 5.69. The summed E-state index contributed by atoms with van der Waals surface area (Å²) >= 11 is 0. The van der Waals surface area contributed by atoms with Gasteiger partial charge in [-0.3, -0.25) is 0 Å². The first-order valence-corrected chi connectivity index (χ1v) is 13.1. The molecule has 2 saturated carbocycles. The van der Waals surface area contributed by atoms with E-state index in [1.165, 1.54) is 62.5 Å². The minimum absolute atomic E-state index is 0.699. The summed E-state index contributed by atoms with van der Waals surface area (Å²) in [6.45, 7) is 7.55. The molecule has 0 saturated heterocycles. The van der Waals surface area contributed by atoms with Gasteiger partial charge in [-0.2, -0.15) is 0 Å². The smallest absolute Gasteiger partial charge is 0.0644 e. The van der Waals surface area contributed by atoms with Crippen LogP contribution in [-0.4, -0.2) is 13.2 Å². The van der Waals surface area contributed by atoms with Crippen molar-refractivity contribution in [1.82, 2.24) is 0 Å². The molecule has 2 aromatic rings. The van der Waals surface area contributed by atoms with Crippen LogP contribution in [0.25, 0.3) is 0 Å². The average molecular weight is 441 g/mol. The Hall–Kier alpha value is -2.30. The van der Waals surface area contributed by atoms with Crippen LogP contribution in [0.15, 0.2) is 61.2 Å². The maximum Gasteiger partial charge on any atom is 0.0644 e. The molecule has 1 heteroatoms. The van der Waals surface area contributed by atoms with Crippen molar-refractivity contribution in [2.45, 2.75) is 70.6 Å². The Bertz CT molecular complexity index is 911. The molecule has 0 aromatic heterocycles. The number of aryl methyl sites for hydroxylation is 1. The van der Waals surface area contributed by atoms with E-state index in [0.717, 1.165) is 47.8 Å². The molecule has 0 N–H and O–H groups in total. The highest BCUT2D eigenvalue weighted by Crippen LogP contribution is 2.43. The van der Waals surface area contributed by atoms with Gasteiger partial charge in [-0.15, -0.1) is 6.58 Å². The Labute approximate surface area is 201 Å². The standard InChI is InChI=1S/C32H40O/c1-3-23-33-24-28-13-17-30(18-14-28)32-21-19-31(20-22-32)29-15-11-27(12-16-29)10-9-26-7-5-25(4-2)6-8-26/h3,5-8,11-12,15-16,28,30-32H,1,4,13-14,17-24H2,2H3/t28-,30-,31-,32-. The lowest BCUT2D eigenvalue weighted by Crippen LogP contribution is -2.26. The normalized spacial score (nSPS) is 25.1. The van der Waals surface area contributed by atoms with Crippen LogP contribution >= 0.6 is 0 Å². The molecule has 0 heterocycles. The SMILES string of the molecule is C=CCOC[C@H]1CC[C@H]([C@H]2CC[C@H](c3ccc(C#Cc4ccc(CC)cc4)cc3)CC2)CC1. The Morgan fingerprint density at radius 3 is 1.88 bits per heavy atom. The molecule has 0 radical (unpaired) electrons. The topological polar surface area (TPSA) is 9.23 Å². The van der Waals surface area contributed by atoms with Crippen LogP contribution in [-0.2, 0) is 11.2 Å². The number of hydrogen-bond acceptors (Lipinski definition) is 1. The monoisotopic (exact) mass is 440 g/mol. The summed E-state index contributed by atoms with van der Waals surface area (Å²) < 4.78 is 5.69. The molecule has 174 valence electrons. The second kappa shape index (κ2) is 12.2. The zero-order valence-corrected chi connectivity index (χ0v) is 20.4. The van der Waals surface area contributed by atoms with Gasteiger partial charge in [-0.05, 0) is 117 Å². The van der Waals surface area contributed by atoms with Gasteiger partial charge in [0, 0.05) is 17.7 Å². The zero-order valence-electron chi connectivity index (χ0n) is 20.4. The van der Waals surface area contributed by atoms with Gasteiger partial charge in [0.25, 0.3) is 0 Å². The Balaban J connectivity index is 1.23. The van der Waals surface area contributed by atoms with Crippen molar-refractivity contribution >= 4 is 0 Å². The lowest BCUT2D eigenvalue weighted by Gasteiger charge is -2.38. The van der Waals surface area contributed by atoms with Crippen molar-refractivity contribution < 1.29 is 4.74 Å². The summed E-state index contributed by atoms with van der Waals surface area (Å²) in [5, 5.41) is 0. The molecule has 2 aromatic carbocycles. The van der Waals surface area contributed by atoms with Crippen molar-refractivity contribution in [2.75, 3.05) is 13.2 Å². The van der Waals surface area contributed by atoms with Crippen molar-refractivity contribution in [3.05, 3.63) is 83.4 Å². The van der Waals surface area contributed by atoms with E-state index in [1.807, 2.05) is 6.08 Å². The van der Waals surface area contributed by atoms with E-state index in [1.54, 1.807) is 0 Å². The first-order chi connectivity index (χ1) is 16.2. The summed E-state index contributed by atoms with van der Waals surface area (Å²) in [6.07, 6.45) is 14.0. The lowest BCUT2D eigenvalue weighted by atomic mass is 9.68. The summed E-state index contributed by atoms with van der Waals surface area (Å²) in [7, 11) is 0. The second-order valence-corrected chi connectivity index (χ2v) is 10.1. The number of benzene rings is 2. The molecule has 2 fully saturated rings. The minimum Gasteiger partial charge on any atom is -0.377 e. The fraction of sp³-hybridized carbons (Fsp3) is 0.500. The van der Waals surface area contributed by atoms with Gasteiger partial charge < -0.3 is 4.74 Å². The highest BCUT2D eigenvalue weighted by atomic mass is 16.5.